The number of thiophene rings is 1. The molecule has 0 amide bonds. The second-order valence-corrected chi connectivity index (χ2v) is 8.22. The monoisotopic (exact) mass is 457 g/mol. The molecule has 0 radical (unpaired) electrons. The lowest BCUT2D eigenvalue weighted by Crippen LogP contribution is -2.44. The third kappa shape index (κ3) is 7.52. The third-order valence-corrected chi connectivity index (χ3v) is 5.52. The van der Waals surface area contributed by atoms with Gasteiger partial charge < -0.3 is 15.7 Å². The molecular formula is C15H28IN3OS2. The Morgan fingerprint density at radius 2 is 2.05 bits per heavy atom. The smallest absolute Gasteiger partial charge is 0.191 e. The topological polar surface area (TPSA) is 56.7 Å². The van der Waals surface area contributed by atoms with E-state index in [2.05, 4.69) is 35.7 Å². The van der Waals surface area contributed by atoms with Crippen molar-refractivity contribution in [3.63, 3.8) is 0 Å². The molecule has 4 nitrogen and oxygen atoms in total. The summed E-state index contributed by atoms with van der Waals surface area (Å²) in [6, 6.07) is 3.90. The van der Waals surface area contributed by atoms with Gasteiger partial charge in [-0.1, -0.05) is 6.07 Å². The highest BCUT2D eigenvalue weighted by atomic mass is 127. The predicted octanol–water partition coefficient (Wildman–Crippen LogP) is 3.27. The predicted molar refractivity (Wildman–Crippen MR) is 111 cm³/mol. The Labute approximate surface area is 159 Å². The first-order valence-corrected chi connectivity index (χ1v) is 9.25. The van der Waals surface area contributed by atoms with Gasteiger partial charge in [0.05, 0.1) is 13.1 Å². The molecule has 1 aromatic rings. The Morgan fingerprint density at radius 3 is 2.55 bits per heavy atom. The molecule has 3 N–H and O–H groups in total. The van der Waals surface area contributed by atoms with Gasteiger partial charge in [-0.15, -0.1) is 35.3 Å². The van der Waals surface area contributed by atoms with Gasteiger partial charge in [0, 0.05) is 16.2 Å². The number of aliphatic imine (C=N–C) groups is 1. The van der Waals surface area contributed by atoms with Crippen LogP contribution < -0.4 is 10.6 Å². The largest absolute Gasteiger partial charge is 0.383 e. The molecule has 0 aliphatic heterocycles. The summed E-state index contributed by atoms with van der Waals surface area (Å²) in [7, 11) is 0. The van der Waals surface area contributed by atoms with E-state index >= 15 is 0 Å². The first kappa shape index (κ1) is 22.0. The zero-order chi connectivity index (χ0) is 15.9. The average molecular weight is 457 g/mol. The molecular weight excluding hydrogens is 429 g/mol. The highest BCUT2D eigenvalue weighted by molar-refractivity contribution is 14.0. The number of thioether (sulfide) groups is 1. The van der Waals surface area contributed by atoms with E-state index in [1.807, 2.05) is 31.4 Å². The SMILES string of the molecule is CCNC(=NCC(C)(C)SC)NCC(C)(O)c1cccs1.I. The van der Waals surface area contributed by atoms with E-state index < -0.39 is 5.60 Å². The van der Waals surface area contributed by atoms with Crippen molar-refractivity contribution in [2.45, 2.75) is 38.0 Å². The Hall–Kier alpha value is 0.01000. The number of hydrogen-bond donors (Lipinski definition) is 3. The Kier molecular flexibility index (Phi) is 10.0. The number of halogens is 1. The van der Waals surface area contributed by atoms with Crippen LogP contribution in [-0.2, 0) is 5.60 Å². The van der Waals surface area contributed by atoms with Gasteiger partial charge in [-0.2, -0.15) is 11.8 Å². The summed E-state index contributed by atoms with van der Waals surface area (Å²) in [5.74, 6) is 0.747. The fraction of sp³-hybridized carbons (Fsp3) is 0.667. The minimum Gasteiger partial charge on any atom is -0.383 e. The number of aliphatic hydroxyl groups is 1. The van der Waals surface area contributed by atoms with Gasteiger partial charge in [0.15, 0.2) is 5.96 Å². The second kappa shape index (κ2) is 10.00. The fourth-order valence-electron chi connectivity index (χ4n) is 1.60. The lowest BCUT2D eigenvalue weighted by molar-refractivity contribution is 0.0655. The molecule has 1 heterocycles. The summed E-state index contributed by atoms with van der Waals surface area (Å²) in [5, 5.41) is 19.0. The van der Waals surface area contributed by atoms with Crippen LogP contribution in [0.1, 0.15) is 32.6 Å². The maximum absolute atomic E-state index is 10.5. The summed E-state index contributed by atoms with van der Waals surface area (Å²) in [6.07, 6.45) is 2.09. The molecule has 128 valence electrons. The Bertz CT molecular complexity index is 448. The average Bonchev–Trinajstić information content (AvgIpc) is 2.97. The van der Waals surface area contributed by atoms with Crippen LogP contribution in [0.3, 0.4) is 0 Å². The van der Waals surface area contributed by atoms with Crippen LogP contribution in [0, 0.1) is 0 Å². The summed E-state index contributed by atoms with van der Waals surface area (Å²) in [4.78, 5) is 5.56. The normalized spacial score (nSPS) is 14.9. The molecule has 0 fully saturated rings. The van der Waals surface area contributed by atoms with Gasteiger partial charge in [-0.3, -0.25) is 4.99 Å². The fourth-order valence-corrected chi connectivity index (χ4v) is 2.58. The van der Waals surface area contributed by atoms with Crippen LogP contribution in [0.2, 0.25) is 0 Å². The van der Waals surface area contributed by atoms with Crippen LogP contribution in [0.25, 0.3) is 0 Å². The van der Waals surface area contributed by atoms with Crippen LogP contribution in [-0.4, -0.2) is 41.7 Å². The number of nitrogens with zero attached hydrogens (tertiary/aromatic N) is 1. The molecule has 0 spiro atoms. The van der Waals surface area contributed by atoms with E-state index in [1.54, 1.807) is 23.1 Å². The lowest BCUT2D eigenvalue weighted by Gasteiger charge is -2.25. The maximum atomic E-state index is 10.5. The standard InChI is InChI=1S/C15H27N3OS2.HI/c1-6-16-13(17-10-14(2,3)20-5)18-11-15(4,19)12-8-7-9-21-12;/h7-9,19H,6,10-11H2,1-5H3,(H2,16,17,18);1H. The van der Waals surface area contributed by atoms with Crippen molar-refractivity contribution in [2.75, 3.05) is 25.9 Å². The van der Waals surface area contributed by atoms with Gasteiger partial charge in [-0.25, -0.2) is 0 Å². The molecule has 0 bridgehead atoms. The molecule has 0 saturated heterocycles. The van der Waals surface area contributed by atoms with Crippen LogP contribution in [0.15, 0.2) is 22.5 Å². The lowest BCUT2D eigenvalue weighted by atomic mass is 10.1. The van der Waals surface area contributed by atoms with E-state index in [9.17, 15) is 5.11 Å². The molecule has 0 saturated carbocycles. The van der Waals surface area contributed by atoms with Crippen molar-refractivity contribution in [2.24, 2.45) is 4.99 Å². The highest BCUT2D eigenvalue weighted by Gasteiger charge is 2.24. The van der Waals surface area contributed by atoms with Crippen molar-refractivity contribution in [1.82, 2.24) is 10.6 Å². The maximum Gasteiger partial charge on any atom is 0.191 e. The van der Waals surface area contributed by atoms with E-state index in [-0.39, 0.29) is 28.7 Å². The number of rotatable bonds is 7. The number of guanidine groups is 1. The number of hydrogen-bond acceptors (Lipinski definition) is 4. The van der Waals surface area contributed by atoms with Crippen molar-refractivity contribution < 1.29 is 5.11 Å². The minimum atomic E-state index is -0.890. The van der Waals surface area contributed by atoms with Crippen molar-refractivity contribution in [3.8, 4) is 0 Å². The minimum absolute atomic E-state index is 0. The zero-order valence-electron chi connectivity index (χ0n) is 14.0. The van der Waals surface area contributed by atoms with Crippen molar-refractivity contribution in [3.05, 3.63) is 22.4 Å². The zero-order valence-corrected chi connectivity index (χ0v) is 17.9. The van der Waals surface area contributed by atoms with E-state index in [1.165, 1.54) is 0 Å². The van der Waals surface area contributed by atoms with Gasteiger partial charge in [-0.05, 0) is 45.4 Å². The quantitative estimate of drug-likeness (QED) is 0.334. The Morgan fingerprint density at radius 1 is 1.36 bits per heavy atom. The Balaban J connectivity index is 0.00000441. The molecule has 0 aromatic carbocycles. The molecule has 1 rings (SSSR count). The molecule has 1 unspecified atom stereocenters. The van der Waals surface area contributed by atoms with Crippen LogP contribution in [0.4, 0.5) is 0 Å². The molecule has 7 heteroatoms. The van der Waals surface area contributed by atoms with Crippen molar-refractivity contribution >= 4 is 53.0 Å². The summed E-state index contributed by atoms with van der Waals surface area (Å²) < 4.78 is 0.110. The van der Waals surface area contributed by atoms with Gasteiger partial charge >= 0.3 is 0 Å². The summed E-state index contributed by atoms with van der Waals surface area (Å²) >= 11 is 3.36. The summed E-state index contributed by atoms with van der Waals surface area (Å²) in [6.45, 7) is 10.2. The van der Waals surface area contributed by atoms with Crippen molar-refractivity contribution in [1.29, 1.82) is 0 Å². The van der Waals surface area contributed by atoms with E-state index in [4.69, 9.17) is 0 Å². The van der Waals surface area contributed by atoms with Gasteiger partial charge in [0.25, 0.3) is 0 Å². The second-order valence-electron chi connectivity index (χ2n) is 5.76. The molecule has 0 aliphatic rings. The third-order valence-electron chi connectivity index (χ3n) is 3.17. The molecule has 0 aliphatic carbocycles. The highest BCUT2D eigenvalue weighted by Crippen LogP contribution is 2.24. The molecule has 22 heavy (non-hydrogen) atoms. The molecule has 1 aromatic heterocycles. The summed E-state index contributed by atoms with van der Waals surface area (Å²) in [5.41, 5.74) is -0.890. The first-order valence-electron chi connectivity index (χ1n) is 7.14. The van der Waals surface area contributed by atoms with Crippen LogP contribution in [0.5, 0.6) is 0 Å². The first-order chi connectivity index (χ1) is 9.80. The molecule has 1 atom stereocenters. The van der Waals surface area contributed by atoms with Gasteiger partial charge in [0.1, 0.15) is 5.60 Å². The van der Waals surface area contributed by atoms with Gasteiger partial charge in [0.2, 0.25) is 0 Å². The van der Waals surface area contributed by atoms with E-state index in [0.717, 1.165) is 23.9 Å². The van der Waals surface area contributed by atoms with E-state index in [0.29, 0.717) is 6.54 Å². The van der Waals surface area contributed by atoms with Crippen LogP contribution >= 0.6 is 47.1 Å². The number of nitrogens with one attached hydrogen (secondary N) is 2.